The summed E-state index contributed by atoms with van der Waals surface area (Å²) in [5.41, 5.74) is 0. The van der Waals surface area contributed by atoms with Crippen molar-refractivity contribution in [2.24, 2.45) is 0 Å². The van der Waals surface area contributed by atoms with Crippen molar-refractivity contribution in [2.75, 3.05) is 18.5 Å². The molecule has 0 heterocycles. The molecule has 0 N–H and O–H groups in total. The van der Waals surface area contributed by atoms with Crippen molar-refractivity contribution in [2.45, 2.75) is 59.3 Å². The van der Waals surface area contributed by atoms with Gasteiger partial charge >= 0.3 is 0 Å². The molecule has 0 unspecified atom stereocenters. The van der Waals surface area contributed by atoms with Gasteiger partial charge in [0.05, 0.1) is 25.7 Å². The largest absolute Gasteiger partial charge is 0.230 e. The van der Waals surface area contributed by atoms with Gasteiger partial charge in [0.25, 0.3) is 0 Å². The van der Waals surface area contributed by atoms with Gasteiger partial charge < -0.3 is 0 Å². The lowest BCUT2D eigenvalue weighted by Gasteiger charge is -2.22. The lowest BCUT2D eigenvalue weighted by atomic mass is 10.4. The Bertz CT molecular complexity index is 185. The van der Waals surface area contributed by atoms with E-state index >= 15 is 0 Å². The van der Waals surface area contributed by atoms with Crippen LogP contribution < -0.4 is 0 Å². The van der Waals surface area contributed by atoms with Crippen LogP contribution in [0.2, 0.25) is 0 Å². The van der Waals surface area contributed by atoms with Gasteiger partial charge in [-0.1, -0.05) is 40.0 Å². The molecule has 0 bridgehead atoms. The first kappa shape index (κ1) is 15.9. The van der Waals surface area contributed by atoms with Crippen LogP contribution in [0.5, 0.6) is 0 Å². The summed E-state index contributed by atoms with van der Waals surface area (Å²) in [4.78, 5) is 10.8. The zero-order valence-electron chi connectivity index (χ0n) is 11.3. The summed E-state index contributed by atoms with van der Waals surface area (Å²) in [5.74, 6) is 4.05. The normalized spacial score (nSPS) is 11.2. The molecule has 0 aliphatic heterocycles. The predicted molar refractivity (Wildman–Crippen MR) is 76.5 cm³/mol. The zero-order chi connectivity index (χ0) is 12.3. The summed E-state index contributed by atoms with van der Waals surface area (Å²) in [6.45, 7) is 6.71. The SMILES string of the molecule is CCCC[P+](C=C=O)(CCCC)CCCC. The first-order valence-electron chi connectivity index (χ1n) is 6.82. The van der Waals surface area contributed by atoms with Crippen molar-refractivity contribution >= 4 is 13.2 Å². The number of carbonyl (C=O) groups excluding carboxylic acids is 1. The van der Waals surface area contributed by atoms with Gasteiger partial charge in [-0.3, -0.25) is 0 Å². The second kappa shape index (κ2) is 10.1. The summed E-state index contributed by atoms with van der Waals surface area (Å²) in [6, 6.07) is 0. The molecule has 0 aromatic heterocycles. The fraction of sp³-hybridized carbons (Fsp3) is 0.857. The van der Waals surface area contributed by atoms with Crippen molar-refractivity contribution in [1.29, 1.82) is 0 Å². The second-order valence-corrected chi connectivity index (χ2v) is 8.73. The van der Waals surface area contributed by atoms with Crippen LogP contribution in [0.1, 0.15) is 59.3 Å². The van der Waals surface area contributed by atoms with Crippen molar-refractivity contribution in [3.05, 3.63) is 5.82 Å². The second-order valence-electron chi connectivity index (χ2n) is 4.70. The van der Waals surface area contributed by atoms with E-state index in [0.29, 0.717) is 0 Å². The molecule has 0 spiro atoms. The van der Waals surface area contributed by atoms with Crippen molar-refractivity contribution in [3.63, 3.8) is 0 Å². The highest BCUT2D eigenvalue weighted by Gasteiger charge is 2.33. The van der Waals surface area contributed by atoms with E-state index in [2.05, 4.69) is 26.7 Å². The van der Waals surface area contributed by atoms with Crippen LogP contribution in [0.15, 0.2) is 5.82 Å². The molecule has 94 valence electrons. The molecule has 1 nitrogen and oxygen atoms in total. The van der Waals surface area contributed by atoms with E-state index in [9.17, 15) is 4.79 Å². The predicted octanol–water partition coefficient (Wildman–Crippen LogP) is 4.75. The molecule has 0 fully saturated rings. The molecule has 0 radical (unpaired) electrons. The Morgan fingerprint density at radius 2 is 1.25 bits per heavy atom. The third-order valence-corrected chi connectivity index (χ3v) is 7.47. The number of unbranched alkanes of at least 4 members (excludes halogenated alkanes) is 3. The minimum absolute atomic E-state index is 1.09. The number of hydrogen-bond donors (Lipinski definition) is 0. The summed E-state index contributed by atoms with van der Waals surface area (Å²) in [7, 11) is -1.09. The molecule has 16 heavy (non-hydrogen) atoms. The van der Waals surface area contributed by atoms with Gasteiger partial charge in [0.15, 0.2) is 5.94 Å². The number of rotatable bonds is 10. The van der Waals surface area contributed by atoms with Crippen LogP contribution in [0.25, 0.3) is 0 Å². The molecule has 0 amide bonds. The van der Waals surface area contributed by atoms with Crippen molar-refractivity contribution in [1.82, 2.24) is 0 Å². The molecular formula is C14H28OP+. The maximum absolute atomic E-state index is 10.8. The number of hydrogen-bond acceptors (Lipinski definition) is 1. The average Bonchev–Trinajstić information content (AvgIpc) is 2.31. The van der Waals surface area contributed by atoms with Crippen LogP contribution in [0.4, 0.5) is 0 Å². The summed E-state index contributed by atoms with van der Waals surface area (Å²) >= 11 is 0. The van der Waals surface area contributed by atoms with Crippen LogP contribution in [-0.2, 0) is 4.79 Å². The fourth-order valence-electron chi connectivity index (χ4n) is 2.06. The summed E-state index contributed by atoms with van der Waals surface area (Å²) in [5, 5.41) is 0. The molecule has 0 saturated carbocycles. The Morgan fingerprint density at radius 3 is 1.50 bits per heavy atom. The van der Waals surface area contributed by atoms with Gasteiger partial charge in [0.1, 0.15) is 5.82 Å². The van der Waals surface area contributed by atoms with Gasteiger partial charge in [-0.2, -0.15) is 0 Å². The molecule has 0 aliphatic carbocycles. The minimum Gasteiger partial charge on any atom is -0.230 e. The lowest BCUT2D eigenvalue weighted by molar-refractivity contribution is 0.569. The van der Waals surface area contributed by atoms with Gasteiger partial charge in [-0.05, 0) is 19.3 Å². The quantitative estimate of drug-likeness (QED) is 0.400. The van der Waals surface area contributed by atoms with E-state index in [1.54, 1.807) is 0 Å². The van der Waals surface area contributed by atoms with Crippen LogP contribution in [-0.4, -0.2) is 24.4 Å². The van der Waals surface area contributed by atoms with Crippen LogP contribution in [0, 0.1) is 0 Å². The Morgan fingerprint density at radius 1 is 0.875 bits per heavy atom. The molecule has 0 atom stereocenters. The van der Waals surface area contributed by atoms with E-state index in [4.69, 9.17) is 0 Å². The Balaban J connectivity index is 4.51. The minimum atomic E-state index is -1.09. The molecule has 0 aromatic carbocycles. The maximum Gasteiger partial charge on any atom is 0.162 e. The Kier molecular flexibility index (Phi) is 9.99. The van der Waals surface area contributed by atoms with E-state index < -0.39 is 7.26 Å². The molecule has 0 aliphatic rings. The lowest BCUT2D eigenvalue weighted by Crippen LogP contribution is -2.06. The molecular weight excluding hydrogens is 215 g/mol. The molecule has 0 saturated heterocycles. The third kappa shape index (κ3) is 6.46. The monoisotopic (exact) mass is 243 g/mol. The maximum atomic E-state index is 10.8. The highest BCUT2D eigenvalue weighted by atomic mass is 31.2. The van der Waals surface area contributed by atoms with E-state index in [0.717, 1.165) is 0 Å². The first-order valence-corrected chi connectivity index (χ1v) is 9.23. The molecule has 2 heteroatoms. The molecule has 0 aromatic rings. The van der Waals surface area contributed by atoms with Crippen molar-refractivity contribution in [3.8, 4) is 0 Å². The van der Waals surface area contributed by atoms with Crippen LogP contribution >= 0.6 is 7.26 Å². The van der Waals surface area contributed by atoms with E-state index in [-0.39, 0.29) is 0 Å². The summed E-state index contributed by atoms with van der Waals surface area (Å²) in [6.07, 6.45) is 11.4. The van der Waals surface area contributed by atoms with Gasteiger partial charge in [0.2, 0.25) is 0 Å². The van der Waals surface area contributed by atoms with Crippen molar-refractivity contribution < 1.29 is 4.79 Å². The third-order valence-electron chi connectivity index (χ3n) is 3.20. The summed E-state index contributed by atoms with van der Waals surface area (Å²) < 4.78 is 0. The first-order chi connectivity index (χ1) is 7.74. The molecule has 0 rings (SSSR count). The Hall–Kier alpha value is -0.120. The van der Waals surface area contributed by atoms with Gasteiger partial charge in [0, 0.05) is 0 Å². The highest BCUT2D eigenvalue weighted by Crippen LogP contribution is 2.61. The zero-order valence-corrected chi connectivity index (χ0v) is 12.2. The fourth-order valence-corrected chi connectivity index (χ4v) is 6.18. The average molecular weight is 243 g/mol. The van der Waals surface area contributed by atoms with E-state index in [1.165, 1.54) is 57.0 Å². The highest BCUT2D eigenvalue weighted by molar-refractivity contribution is 7.79. The van der Waals surface area contributed by atoms with E-state index in [1.807, 2.05) is 5.82 Å². The van der Waals surface area contributed by atoms with Gasteiger partial charge in [-0.25, -0.2) is 4.79 Å². The standard InChI is InChI=1S/C14H28OP/c1-4-7-11-16(14-10-15,12-8-5-2)13-9-6-3/h14H,4-9,11-13H2,1-3H3/q+1. The topological polar surface area (TPSA) is 17.1 Å². The Labute approximate surface area is 102 Å². The van der Waals surface area contributed by atoms with Gasteiger partial charge in [-0.15, -0.1) is 0 Å². The smallest absolute Gasteiger partial charge is 0.162 e. The van der Waals surface area contributed by atoms with Crippen LogP contribution in [0.3, 0.4) is 0 Å².